The van der Waals surface area contributed by atoms with Gasteiger partial charge in [0.15, 0.2) is 0 Å². The summed E-state index contributed by atoms with van der Waals surface area (Å²) >= 11 is 0.456. The molecule has 2 heteroatoms. The summed E-state index contributed by atoms with van der Waals surface area (Å²) in [5.41, 5.74) is 1.34. The molecule has 110 valence electrons. The second-order valence-corrected chi connectivity index (χ2v) is 13.4. The first-order valence-corrected chi connectivity index (χ1v) is 12.9. The van der Waals surface area contributed by atoms with Gasteiger partial charge in [-0.05, 0) is 0 Å². The van der Waals surface area contributed by atoms with Gasteiger partial charge in [-0.15, -0.1) is 0 Å². The Bertz CT molecular complexity index is 449. The number of allylic oxidation sites excluding steroid dienone is 3. The Morgan fingerprint density at radius 2 is 1.80 bits per heavy atom. The molecule has 1 rings (SSSR count). The van der Waals surface area contributed by atoms with E-state index < -0.39 is 8.07 Å². The summed E-state index contributed by atoms with van der Waals surface area (Å²) in [7, 11) is -1.20. The molecule has 0 amide bonds. The maximum atomic E-state index is 2.48. The fraction of sp³-hybridized carbons (Fsp3) is 0.444. The summed E-state index contributed by atoms with van der Waals surface area (Å²) in [5.74, 6) is 0. The zero-order chi connectivity index (χ0) is 15.0. The molecular formula is C18H28SeSi. The molecule has 0 nitrogen and oxygen atoms in total. The third kappa shape index (κ3) is 6.74. The van der Waals surface area contributed by atoms with E-state index >= 15 is 0 Å². The van der Waals surface area contributed by atoms with Gasteiger partial charge in [-0.1, -0.05) is 0 Å². The van der Waals surface area contributed by atoms with E-state index in [-0.39, 0.29) is 0 Å². The molecule has 0 spiro atoms. The molecule has 0 aliphatic heterocycles. The summed E-state index contributed by atoms with van der Waals surface area (Å²) in [6, 6.07) is 8.94. The normalized spacial score (nSPS) is 13.2. The summed E-state index contributed by atoms with van der Waals surface area (Å²) < 4.78 is 1.46. The van der Waals surface area contributed by atoms with Gasteiger partial charge < -0.3 is 0 Å². The van der Waals surface area contributed by atoms with Crippen LogP contribution in [0.2, 0.25) is 19.6 Å². The third-order valence-corrected chi connectivity index (χ3v) is 7.08. The molecule has 0 unspecified atom stereocenters. The van der Waals surface area contributed by atoms with Crippen LogP contribution in [-0.4, -0.2) is 23.0 Å². The molecule has 0 saturated carbocycles. The van der Waals surface area contributed by atoms with Crippen molar-refractivity contribution in [3.63, 3.8) is 0 Å². The summed E-state index contributed by atoms with van der Waals surface area (Å²) in [5, 5.41) is 1.61. The van der Waals surface area contributed by atoms with Crippen LogP contribution < -0.4 is 4.46 Å². The van der Waals surface area contributed by atoms with E-state index in [2.05, 4.69) is 74.9 Å². The Morgan fingerprint density at radius 1 is 1.15 bits per heavy atom. The molecule has 0 aliphatic carbocycles. The van der Waals surface area contributed by atoms with E-state index in [0.717, 1.165) is 0 Å². The Hall–Kier alpha value is -0.564. The summed E-state index contributed by atoms with van der Waals surface area (Å²) in [4.78, 5) is 2.40. The summed E-state index contributed by atoms with van der Waals surface area (Å²) in [6.45, 7) is 11.7. The number of aryl methyl sites for hydroxylation is 1. The molecule has 0 aromatic heterocycles. The minimum atomic E-state index is -1.20. The molecule has 1 aromatic carbocycles. The summed E-state index contributed by atoms with van der Waals surface area (Å²) in [6.07, 6.45) is 8.72. The van der Waals surface area contributed by atoms with Crippen LogP contribution in [0.25, 0.3) is 0 Å². The van der Waals surface area contributed by atoms with Gasteiger partial charge in [0.25, 0.3) is 0 Å². The standard InChI is InChI=1S/C18H28SeSi/c1-6-7-8-9-18(20(3,4)5)14-15-19-17-12-10-16(2)11-13-17/h9-15H,6-8H2,1-5H3/b15-14+,18-9-. The van der Waals surface area contributed by atoms with Crippen LogP contribution in [0.3, 0.4) is 0 Å². The van der Waals surface area contributed by atoms with Crippen molar-refractivity contribution in [2.75, 3.05) is 0 Å². The van der Waals surface area contributed by atoms with Crippen molar-refractivity contribution < 1.29 is 0 Å². The van der Waals surface area contributed by atoms with Crippen molar-refractivity contribution in [3.8, 4) is 0 Å². The van der Waals surface area contributed by atoms with Crippen molar-refractivity contribution in [2.24, 2.45) is 0 Å². The SMILES string of the molecule is CCCC/C=C(/C=C/[Se]c1ccc(C)cc1)[Si](C)(C)C. The third-order valence-electron chi connectivity index (χ3n) is 3.26. The van der Waals surface area contributed by atoms with Gasteiger partial charge in [0.2, 0.25) is 0 Å². The van der Waals surface area contributed by atoms with Crippen LogP contribution in [0.1, 0.15) is 31.7 Å². The fourth-order valence-electron chi connectivity index (χ4n) is 1.89. The van der Waals surface area contributed by atoms with E-state index in [1.165, 1.54) is 29.3 Å². The second kappa shape index (κ2) is 8.66. The van der Waals surface area contributed by atoms with Crippen LogP contribution in [0, 0.1) is 6.92 Å². The molecule has 0 atom stereocenters. The van der Waals surface area contributed by atoms with E-state index in [4.69, 9.17) is 0 Å². The zero-order valence-electron chi connectivity index (χ0n) is 13.6. The van der Waals surface area contributed by atoms with Crippen LogP contribution in [0.4, 0.5) is 0 Å². The predicted molar refractivity (Wildman–Crippen MR) is 96.7 cm³/mol. The molecule has 0 aliphatic rings. The molecular weight excluding hydrogens is 323 g/mol. The van der Waals surface area contributed by atoms with Gasteiger partial charge in [0.05, 0.1) is 0 Å². The first-order chi connectivity index (χ1) is 9.43. The van der Waals surface area contributed by atoms with Gasteiger partial charge >= 0.3 is 132 Å². The minimum absolute atomic E-state index is 0.456. The van der Waals surface area contributed by atoms with Gasteiger partial charge in [-0.25, -0.2) is 0 Å². The second-order valence-electron chi connectivity index (χ2n) is 6.29. The number of hydrogen-bond acceptors (Lipinski definition) is 0. The van der Waals surface area contributed by atoms with E-state index in [0.29, 0.717) is 15.0 Å². The van der Waals surface area contributed by atoms with Gasteiger partial charge in [-0.3, -0.25) is 0 Å². The predicted octanol–water partition coefficient (Wildman–Crippen LogP) is 4.83. The molecule has 0 saturated heterocycles. The Kier molecular flexibility index (Phi) is 7.57. The fourth-order valence-corrected chi connectivity index (χ4v) is 4.89. The van der Waals surface area contributed by atoms with Crippen LogP contribution in [-0.2, 0) is 0 Å². The first-order valence-electron chi connectivity index (χ1n) is 7.54. The Balaban J connectivity index is 2.67. The van der Waals surface area contributed by atoms with Crippen LogP contribution >= 0.6 is 0 Å². The molecule has 0 bridgehead atoms. The van der Waals surface area contributed by atoms with Crippen LogP contribution in [0.15, 0.2) is 46.6 Å². The van der Waals surface area contributed by atoms with Crippen molar-refractivity contribution >= 4 is 27.5 Å². The average molecular weight is 351 g/mol. The molecule has 1 aromatic rings. The molecule has 0 fully saturated rings. The maximum absolute atomic E-state index is 2.48. The van der Waals surface area contributed by atoms with E-state index in [1.54, 1.807) is 5.20 Å². The van der Waals surface area contributed by atoms with Crippen molar-refractivity contribution in [2.45, 2.75) is 52.8 Å². The Labute approximate surface area is 132 Å². The first kappa shape index (κ1) is 17.5. The monoisotopic (exact) mass is 352 g/mol. The van der Waals surface area contributed by atoms with Crippen molar-refractivity contribution in [1.29, 1.82) is 0 Å². The number of hydrogen-bond donors (Lipinski definition) is 0. The topological polar surface area (TPSA) is 0 Å². The molecule has 20 heavy (non-hydrogen) atoms. The molecule has 0 heterocycles. The van der Waals surface area contributed by atoms with Crippen LogP contribution in [0.5, 0.6) is 0 Å². The van der Waals surface area contributed by atoms with Crippen molar-refractivity contribution in [3.05, 3.63) is 52.2 Å². The zero-order valence-corrected chi connectivity index (χ0v) is 16.3. The number of rotatable bonds is 7. The van der Waals surface area contributed by atoms with Crippen molar-refractivity contribution in [1.82, 2.24) is 0 Å². The van der Waals surface area contributed by atoms with E-state index in [9.17, 15) is 0 Å². The quantitative estimate of drug-likeness (QED) is 0.375. The van der Waals surface area contributed by atoms with Gasteiger partial charge in [-0.2, -0.15) is 0 Å². The van der Waals surface area contributed by atoms with E-state index in [1.807, 2.05) is 0 Å². The molecule has 0 radical (unpaired) electrons. The Morgan fingerprint density at radius 3 is 2.35 bits per heavy atom. The average Bonchev–Trinajstić information content (AvgIpc) is 2.38. The number of benzene rings is 1. The van der Waals surface area contributed by atoms with Gasteiger partial charge in [0, 0.05) is 0 Å². The molecule has 0 N–H and O–H groups in total. The van der Waals surface area contributed by atoms with Gasteiger partial charge in [0.1, 0.15) is 0 Å². The number of unbranched alkanes of at least 4 members (excludes halogenated alkanes) is 2.